The van der Waals surface area contributed by atoms with Crippen LogP contribution in [0.15, 0.2) is 45.1 Å². The number of hydrogen-bond acceptors (Lipinski definition) is 8. The van der Waals surface area contributed by atoms with Crippen LogP contribution in [0.1, 0.15) is 5.89 Å². The van der Waals surface area contributed by atoms with Gasteiger partial charge in [0.1, 0.15) is 16.4 Å². The topological polar surface area (TPSA) is 104 Å². The Kier molecular flexibility index (Phi) is 5.02. The molecule has 0 atom stereocenters. The Labute approximate surface area is 148 Å². The second kappa shape index (κ2) is 7.21. The summed E-state index contributed by atoms with van der Waals surface area (Å²) >= 11 is 1.47. The zero-order valence-electron chi connectivity index (χ0n) is 13.4. The lowest BCUT2D eigenvalue weighted by atomic mass is 10.3. The third kappa shape index (κ3) is 3.81. The number of methoxy groups -OCH3 is 2. The molecule has 0 unspecified atom stereocenters. The highest BCUT2D eigenvalue weighted by Gasteiger charge is 2.21. The molecule has 0 amide bonds. The van der Waals surface area contributed by atoms with E-state index in [2.05, 4.69) is 14.9 Å². The number of sulfonamides is 1. The Hall–Kier alpha value is -2.43. The van der Waals surface area contributed by atoms with Crippen molar-refractivity contribution in [2.45, 2.75) is 11.4 Å². The normalized spacial score (nSPS) is 11.4. The molecule has 0 aliphatic rings. The molecule has 0 bridgehead atoms. The molecule has 0 radical (unpaired) electrons. The number of nitrogens with one attached hydrogen (secondary N) is 1. The van der Waals surface area contributed by atoms with E-state index in [4.69, 9.17) is 14.0 Å². The molecule has 1 aromatic carbocycles. The smallest absolute Gasteiger partial charge is 0.244 e. The Morgan fingerprint density at radius 3 is 2.76 bits per heavy atom. The van der Waals surface area contributed by atoms with Crippen LogP contribution in [0.3, 0.4) is 0 Å². The van der Waals surface area contributed by atoms with E-state index in [0.29, 0.717) is 11.6 Å². The minimum atomic E-state index is -3.83. The number of hydrogen-bond donors (Lipinski definition) is 1. The molecule has 0 aliphatic carbocycles. The number of nitrogens with zero attached hydrogens (tertiary/aromatic N) is 2. The highest BCUT2D eigenvalue weighted by Crippen LogP contribution is 2.28. The highest BCUT2D eigenvalue weighted by atomic mass is 32.2. The van der Waals surface area contributed by atoms with E-state index in [1.54, 1.807) is 6.07 Å². The number of ether oxygens (including phenoxy) is 2. The lowest BCUT2D eigenvalue weighted by molar-refractivity contribution is 0.374. The number of aromatic nitrogens is 2. The van der Waals surface area contributed by atoms with Gasteiger partial charge in [0.25, 0.3) is 0 Å². The Morgan fingerprint density at radius 2 is 2.08 bits per heavy atom. The maximum atomic E-state index is 12.5. The summed E-state index contributed by atoms with van der Waals surface area (Å²) in [6.45, 7) is -0.129. The first-order chi connectivity index (χ1) is 12.0. The maximum absolute atomic E-state index is 12.5. The molecule has 25 heavy (non-hydrogen) atoms. The number of thiophene rings is 1. The fraction of sp³-hybridized carbons (Fsp3) is 0.200. The van der Waals surface area contributed by atoms with Gasteiger partial charge in [0.2, 0.25) is 21.7 Å². The second-order valence-corrected chi connectivity index (χ2v) is 7.51. The first-order valence-electron chi connectivity index (χ1n) is 7.11. The van der Waals surface area contributed by atoms with Gasteiger partial charge in [-0.15, -0.1) is 11.3 Å². The molecule has 132 valence electrons. The Balaban J connectivity index is 1.76. The fourth-order valence-corrected chi connectivity index (χ4v) is 3.84. The Bertz CT molecular complexity index is 951. The van der Waals surface area contributed by atoms with E-state index in [0.717, 1.165) is 4.88 Å². The maximum Gasteiger partial charge on any atom is 0.244 e. The predicted octanol–water partition coefficient (Wildman–Crippen LogP) is 2.29. The first kappa shape index (κ1) is 17.4. The van der Waals surface area contributed by atoms with E-state index in [1.165, 1.54) is 37.7 Å². The number of benzene rings is 1. The Morgan fingerprint density at radius 1 is 1.24 bits per heavy atom. The van der Waals surface area contributed by atoms with Crippen molar-refractivity contribution in [2.75, 3.05) is 14.2 Å². The monoisotopic (exact) mass is 381 g/mol. The van der Waals surface area contributed by atoms with Crippen molar-refractivity contribution in [1.29, 1.82) is 0 Å². The minimum Gasteiger partial charge on any atom is -0.497 e. The summed E-state index contributed by atoms with van der Waals surface area (Å²) in [7, 11) is -0.950. The van der Waals surface area contributed by atoms with Crippen molar-refractivity contribution in [3.05, 3.63) is 41.6 Å². The van der Waals surface area contributed by atoms with Gasteiger partial charge in [-0.1, -0.05) is 11.2 Å². The van der Waals surface area contributed by atoms with Crippen molar-refractivity contribution in [3.8, 4) is 22.2 Å². The quantitative estimate of drug-likeness (QED) is 0.669. The molecule has 0 aliphatic heterocycles. The van der Waals surface area contributed by atoms with E-state index in [1.807, 2.05) is 17.5 Å². The lowest BCUT2D eigenvalue weighted by Crippen LogP contribution is -2.24. The summed E-state index contributed by atoms with van der Waals surface area (Å²) in [5, 5.41) is 5.73. The van der Waals surface area contributed by atoms with Crippen LogP contribution in [0.25, 0.3) is 10.7 Å². The molecule has 2 heterocycles. The van der Waals surface area contributed by atoms with Crippen LogP contribution in [0.4, 0.5) is 0 Å². The molecule has 0 spiro atoms. The zero-order chi connectivity index (χ0) is 17.9. The number of rotatable bonds is 7. The van der Waals surface area contributed by atoms with Crippen LogP contribution in [-0.2, 0) is 16.6 Å². The first-order valence-corrected chi connectivity index (χ1v) is 9.48. The van der Waals surface area contributed by atoms with Gasteiger partial charge in [0, 0.05) is 6.07 Å². The molecular formula is C15H15N3O5S2. The van der Waals surface area contributed by atoms with Crippen LogP contribution in [0.2, 0.25) is 0 Å². The molecule has 3 rings (SSSR count). The van der Waals surface area contributed by atoms with Crippen molar-refractivity contribution >= 4 is 21.4 Å². The van der Waals surface area contributed by atoms with Crippen LogP contribution in [0.5, 0.6) is 11.5 Å². The molecule has 2 aromatic heterocycles. The average Bonchev–Trinajstić information content (AvgIpc) is 3.30. The largest absolute Gasteiger partial charge is 0.497 e. The van der Waals surface area contributed by atoms with Gasteiger partial charge in [-0.3, -0.25) is 0 Å². The summed E-state index contributed by atoms with van der Waals surface area (Å²) in [6, 6.07) is 8.17. The van der Waals surface area contributed by atoms with Crippen LogP contribution in [-0.4, -0.2) is 32.8 Å². The standard InChI is InChI=1S/C15H15N3O5S2/c1-21-10-5-6-13(11(8-10)22-2)25(19,20)16-9-14-17-15(18-23-14)12-4-3-7-24-12/h3-8,16H,9H2,1-2H3. The molecule has 1 N–H and O–H groups in total. The fourth-order valence-electron chi connectivity index (χ4n) is 2.06. The molecule has 0 saturated carbocycles. The van der Waals surface area contributed by atoms with Gasteiger partial charge >= 0.3 is 0 Å². The van der Waals surface area contributed by atoms with Gasteiger partial charge in [-0.2, -0.15) is 4.98 Å². The lowest BCUT2D eigenvalue weighted by Gasteiger charge is -2.11. The van der Waals surface area contributed by atoms with Gasteiger partial charge in [0.15, 0.2) is 0 Å². The highest BCUT2D eigenvalue weighted by molar-refractivity contribution is 7.89. The summed E-state index contributed by atoms with van der Waals surface area (Å²) < 4.78 is 42.7. The second-order valence-electron chi connectivity index (χ2n) is 4.83. The summed E-state index contributed by atoms with van der Waals surface area (Å²) in [5.74, 6) is 1.26. The minimum absolute atomic E-state index is 0.00574. The van der Waals surface area contributed by atoms with Crippen molar-refractivity contribution in [2.24, 2.45) is 0 Å². The molecule has 0 saturated heterocycles. The summed E-state index contributed by atoms with van der Waals surface area (Å²) in [6.07, 6.45) is 0. The zero-order valence-corrected chi connectivity index (χ0v) is 15.1. The molecular weight excluding hydrogens is 366 g/mol. The van der Waals surface area contributed by atoms with Crippen molar-refractivity contribution in [3.63, 3.8) is 0 Å². The molecule has 10 heteroatoms. The van der Waals surface area contributed by atoms with Gasteiger partial charge in [-0.25, -0.2) is 13.1 Å². The molecule has 3 aromatic rings. The van der Waals surface area contributed by atoms with Crippen molar-refractivity contribution < 1.29 is 22.4 Å². The van der Waals surface area contributed by atoms with Gasteiger partial charge in [0.05, 0.1) is 25.6 Å². The average molecular weight is 381 g/mol. The SMILES string of the molecule is COc1ccc(S(=O)(=O)NCc2nc(-c3cccs3)no2)c(OC)c1. The van der Waals surface area contributed by atoms with Gasteiger partial charge < -0.3 is 14.0 Å². The van der Waals surface area contributed by atoms with Gasteiger partial charge in [-0.05, 0) is 23.6 Å². The van der Waals surface area contributed by atoms with E-state index in [-0.39, 0.29) is 23.1 Å². The van der Waals surface area contributed by atoms with E-state index >= 15 is 0 Å². The van der Waals surface area contributed by atoms with Crippen molar-refractivity contribution in [1.82, 2.24) is 14.9 Å². The van der Waals surface area contributed by atoms with Crippen LogP contribution >= 0.6 is 11.3 Å². The van der Waals surface area contributed by atoms with Crippen LogP contribution < -0.4 is 14.2 Å². The predicted molar refractivity (Wildman–Crippen MR) is 91.2 cm³/mol. The third-order valence-electron chi connectivity index (χ3n) is 3.28. The van der Waals surface area contributed by atoms with E-state index in [9.17, 15) is 8.42 Å². The molecule has 0 fully saturated rings. The molecule has 8 nitrogen and oxygen atoms in total. The van der Waals surface area contributed by atoms with E-state index < -0.39 is 10.0 Å². The third-order valence-corrected chi connectivity index (χ3v) is 5.59. The van der Waals surface area contributed by atoms with Crippen LogP contribution in [0, 0.1) is 0 Å². The summed E-state index contributed by atoms with van der Waals surface area (Å²) in [4.78, 5) is 5.01. The summed E-state index contributed by atoms with van der Waals surface area (Å²) in [5.41, 5.74) is 0.